The fourth-order valence-corrected chi connectivity index (χ4v) is 0.809. The van der Waals surface area contributed by atoms with Crippen LogP contribution in [0.1, 0.15) is 11.1 Å². The Morgan fingerprint density at radius 3 is 1.90 bits per heavy atom. The standard InChI is InChI=1S/C8H8O2/c9-5-7-2-1-3-8(4-7)6-10/h1-4H,5-6H2. The largest absolute Gasteiger partial charge is 0.232 e. The third kappa shape index (κ3) is 1.56. The predicted molar refractivity (Wildman–Crippen MR) is 35.2 cm³/mol. The van der Waals surface area contributed by atoms with Crippen molar-refractivity contribution in [2.75, 3.05) is 0 Å². The Bertz CT molecular complexity index is 189. The van der Waals surface area contributed by atoms with Gasteiger partial charge in [-0.05, 0) is 11.1 Å². The fraction of sp³-hybridized carbons (Fsp3) is 0.250. The summed E-state index contributed by atoms with van der Waals surface area (Å²) in [7, 11) is 0. The summed E-state index contributed by atoms with van der Waals surface area (Å²) < 4.78 is 0. The molecule has 0 aliphatic carbocycles. The van der Waals surface area contributed by atoms with Gasteiger partial charge >= 0.3 is 0 Å². The fourth-order valence-electron chi connectivity index (χ4n) is 0.809. The van der Waals surface area contributed by atoms with Crippen molar-refractivity contribution in [1.29, 1.82) is 0 Å². The Labute approximate surface area is 59.7 Å². The molecule has 2 nitrogen and oxygen atoms in total. The van der Waals surface area contributed by atoms with Gasteiger partial charge in [-0.2, -0.15) is 0 Å². The molecule has 10 heavy (non-hydrogen) atoms. The SMILES string of the molecule is [O]Cc1cccc(C[O])c1. The van der Waals surface area contributed by atoms with E-state index in [9.17, 15) is 10.2 Å². The predicted octanol–water partition coefficient (Wildman–Crippen LogP) is 1.55. The molecule has 0 saturated heterocycles. The number of benzene rings is 1. The highest BCUT2D eigenvalue weighted by Gasteiger charge is 1.92. The summed E-state index contributed by atoms with van der Waals surface area (Å²) in [6.07, 6.45) is 0. The lowest BCUT2D eigenvalue weighted by Gasteiger charge is -1.95. The lowest BCUT2D eigenvalue weighted by Crippen LogP contribution is -1.85. The van der Waals surface area contributed by atoms with E-state index in [1.54, 1.807) is 24.3 Å². The van der Waals surface area contributed by atoms with Crippen molar-refractivity contribution in [2.24, 2.45) is 0 Å². The van der Waals surface area contributed by atoms with Gasteiger partial charge in [-0.15, -0.1) is 0 Å². The second kappa shape index (κ2) is 3.34. The average Bonchev–Trinajstić information content (AvgIpc) is 2.05. The molecule has 0 atom stereocenters. The van der Waals surface area contributed by atoms with Gasteiger partial charge in [0.15, 0.2) is 0 Å². The number of hydrogen-bond donors (Lipinski definition) is 0. The molecule has 0 aliphatic heterocycles. The van der Waals surface area contributed by atoms with Crippen molar-refractivity contribution < 1.29 is 10.2 Å². The van der Waals surface area contributed by atoms with E-state index in [2.05, 4.69) is 0 Å². The lowest BCUT2D eigenvalue weighted by molar-refractivity contribution is 0.172. The second-order valence-corrected chi connectivity index (χ2v) is 2.11. The van der Waals surface area contributed by atoms with Crippen molar-refractivity contribution >= 4 is 0 Å². The summed E-state index contributed by atoms with van der Waals surface area (Å²) in [5, 5.41) is 20.6. The highest BCUT2D eigenvalue weighted by Crippen LogP contribution is 2.04. The monoisotopic (exact) mass is 136 g/mol. The molecule has 0 amide bonds. The van der Waals surface area contributed by atoms with Crippen molar-refractivity contribution in [3.8, 4) is 0 Å². The molecule has 0 fully saturated rings. The number of rotatable bonds is 2. The molecule has 0 bridgehead atoms. The van der Waals surface area contributed by atoms with E-state index in [0.29, 0.717) is 11.1 Å². The van der Waals surface area contributed by atoms with Crippen molar-refractivity contribution in [2.45, 2.75) is 13.2 Å². The summed E-state index contributed by atoms with van der Waals surface area (Å²) in [6.45, 7) is -0.484. The first-order valence-corrected chi connectivity index (χ1v) is 3.11. The van der Waals surface area contributed by atoms with Crippen molar-refractivity contribution in [1.82, 2.24) is 0 Å². The summed E-state index contributed by atoms with van der Waals surface area (Å²) in [6, 6.07) is 6.85. The minimum Gasteiger partial charge on any atom is -0.232 e. The van der Waals surface area contributed by atoms with E-state index in [1.807, 2.05) is 0 Å². The molecule has 0 N–H and O–H groups in total. The van der Waals surface area contributed by atoms with E-state index in [0.717, 1.165) is 0 Å². The van der Waals surface area contributed by atoms with Crippen LogP contribution in [0.2, 0.25) is 0 Å². The first kappa shape index (κ1) is 7.25. The molecule has 1 rings (SSSR count). The Balaban J connectivity index is 2.87. The van der Waals surface area contributed by atoms with Gasteiger partial charge in [-0.25, -0.2) is 10.2 Å². The van der Waals surface area contributed by atoms with Crippen molar-refractivity contribution in [3.05, 3.63) is 35.4 Å². The normalized spacial score (nSPS) is 9.80. The molecule has 1 aromatic carbocycles. The van der Waals surface area contributed by atoms with Gasteiger partial charge in [0.1, 0.15) is 13.2 Å². The minimum atomic E-state index is -0.242. The van der Waals surface area contributed by atoms with Gasteiger partial charge < -0.3 is 0 Å². The van der Waals surface area contributed by atoms with Crippen LogP contribution in [0.4, 0.5) is 0 Å². The van der Waals surface area contributed by atoms with Gasteiger partial charge in [0, 0.05) is 0 Å². The Hall–Kier alpha value is -0.860. The maximum Gasteiger partial charge on any atom is 0.107 e. The van der Waals surface area contributed by atoms with Gasteiger partial charge in [-0.3, -0.25) is 0 Å². The quantitative estimate of drug-likeness (QED) is 0.591. The minimum absolute atomic E-state index is 0.242. The molecule has 0 saturated carbocycles. The van der Waals surface area contributed by atoms with Crippen LogP contribution in [0.3, 0.4) is 0 Å². The zero-order chi connectivity index (χ0) is 7.40. The van der Waals surface area contributed by atoms with Crippen LogP contribution in [0.15, 0.2) is 24.3 Å². The van der Waals surface area contributed by atoms with Crippen LogP contribution in [0, 0.1) is 0 Å². The molecule has 0 heterocycles. The lowest BCUT2D eigenvalue weighted by atomic mass is 10.1. The van der Waals surface area contributed by atoms with E-state index < -0.39 is 0 Å². The molecule has 0 spiro atoms. The van der Waals surface area contributed by atoms with Gasteiger partial charge in [0.05, 0.1) is 0 Å². The van der Waals surface area contributed by atoms with Crippen LogP contribution >= 0.6 is 0 Å². The maximum atomic E-state index is 10.3. The Kier molecular flexibility index (Phi) is 2.42. The van der Waals surface area contributed by atoms with E-state index in [1.165, 1.54) is 0 Å². The average molecular weight is 136 g/mol. The topological polar surface area (TPSA) is 39.8 Å². The summed E-state index contributed by atoms with van der Waals surface area (Å²) in [5.74, 6) is 0. The van der Waals surface area contributed by atoms with Crippen LogP contribution in [-0.4, -0.2) is 0 Å². The van der Waals surface area contributed by atoms with Crippen LogP contribution < -0.4 is 0 Å². The van der Waals surface area contributed by atoms with Crippen LogP contribution in [0.5, 0.6) is 0 Å². The maximum absolute atomic E-state index is 10.3. The van der Waals surface area contributed by atoms with Crippen molar-refractivity contribution in [3.63, 3.8) is 0 Å². The smallest absolute Gasteiger partial charge is 0.107 e. The molecule has 52 valence electrons. The summed E-state index contributed by atoms with van der Waals surface area (Å²) >= 11 is 0. The van der Waals surface area contributed by atoms with Gasteiger partial charge in [0.25, 0.3) is 0 Å². The van der Waals surface area contributed by atoms with Crippen LogP contribution in [0.25, 0.3) is 0 Å². The summed E-state index contributed by atoms with van der Waals surface area (Å²) in [4.78, 5) is 0. The molecule has 1 aromatic rings. The Morgan fingerprint density at radius 2 is 1.50 bits per heavy atom. The zero-order valence-corrected chi connectivity index (χ0v) is 5.54. The highest BCUT2D eigenvalue weighted by atomic mass is 16.3. The summed E-state index contributed by atoms with van der Waals surface area (Å²) in [5.41, 5.74) is 1.38. The molecule has 0 aromatic heterocycles. The molecular weight excluding hydrogens is 128 g/mol. The highest BCUT2D eigenvalue weighted by molar-refractivity contribution is 5.21. The molecular formula is C8H8O2. The molecule has 2 radical (unpaired) electrons. The molecule has 2 heteroatoms. The third-order valence-corrected chi connectivity index (χ3v) is 1.32. The zero-order valence-electron chi connectivity index (χ0n) is 5.54. The Morgan fingerprint density at radius 1 is 1.00 bits per heavy atom. The van der Waals surface area contributed by atoms with E-state index >= 15 is 0 Å². The van der Waals surface area contributed by atoms with Gasteiger partial charge in [-0.1, -0.05) is 24.3 Å². The first-order chi connectivity index (χ1) is 4.86. The second-order valence-electron chi connectivity index (χ2n) is 2.11. The molecule has 0 unspecified atom stereocenters. The van der Waals surface area contributed by atoms with Crippen LogP contribution in [-0.2, 0) is 23.4 Å². The first-order valence-electron chi connectivity index (χ1n) is 3.11. The number of hydrogen-bond acceptors (Lipinski definition) is 0. The third-order valence-electron chi connectivity index (χ3n) is 1.32. The van der Waals surface area contributed by atoms with E-state index in [4.69, 9.17) is 0 Å². The molecule has 0 aliphatic rings. The van der Waals surface area contributed by atoms with E-state index in [-0.39, 0.29) is 13.2 Å². The van der Waals surface area contributed by atoms with Gasteiger partial charge in [0.2, 0.25) is 0 Å².